The lowest BCUT2D eigenvalue weighted by Gasteiger charge is -2.14. The summed E-state index contributed by atoms with van der Waals surface area (Å²) in [6.45, 7) is 3.20. The molecule has 1 aromatic heterocycles. The van der Waals surface area contributed by atoms with E-state index >= 15 is 0 Å². The first kappa shape index (κ1) is 11.0. The fraction of sp³-hybridized carbons (Fsp3) is 0.636. The van der Waals surface area contributed by atoms with Crippen LogP contribution in [0.5, 0.6) is 5.75 Å². The normalized spacial score (nSPS) is 16.7. The van der Waals surface area contributed by atoms with Crippen LogP contribution >= 0.6 is 0 Å². The van der Waals surface area contributed by atoms with E-state index < -0.39 is 0 Å². The van der Waals surface area contributed by atoms with Crippen LogP contribution < -0.4 is 15.4 Å². The highest BCUT2D eigenvalue weighted by molar-refractivity contribution is 5.63. The van der Waals surface area contributed by atoms with Gasteiger partial charge in [0.05, 0.1) is 7.11 Å². The summed E-state index contributed by atoms with van der Waals surface area (Å²) in [6.07, 6.45) is 4.10. The molecule has 0 bridgehead atoms. The van der Waals surface area contributed by atoms with Crippen LogP contribution in [-0.2, 0) is 0 Å². The summed E-state index contributed by atoms with van der Waals surface area (Å²) < 4.78 is 5.30. The van der Waals surface area contributed by atoms with Crippen LogP contribution in [0, 0.1) is 5.41 Å². The molecule has 0 radical (unpaired) electrons. The molecule has 5 nitrogen and oxygen atoms in total. The smallest absolute Gasteiger partial charge is 0.204 e. The standard InChI is InChI=1S/C11H18N4O/c1-11(4-5-11)6-13-10-8(16-3)9(12-2)14-7-15-10/h7H,4-6H2,1-3H3,(H2,12,13,14,15). The third kappa shape index (κ3) is 2.18. The quantitative estimate of drug-likeness (QED) is 0.794. The molecule has 2 N–H and O–H groups in total. The van der Waals surface area contributed by atoms with Gasteiger partial charge in [-0.3, -0.25) is 0 Å². The molecule has 0 aromatic carbocycles. The van der Waals surface area contributed by atoms with Gasteiger partial charge >= 0.3 is 0 Å². The molecule has 0 amide bonds. The van der Waals surface area contributed by atoms with Crippen LogP contribution in [0.25, 0.3) is 0 Å². The van der Waals surface area contributed by atoms with Gasteiger partial charge in [-0.25, -0.2) is 9.97 Å². The Morgan fingerprint density at radius 1 is 1.38 bits per heavy atom. The minimum absolute atomic E-state index is 0.440. The molecule has 0 saturated heterocycles. The van der Waals surface area contributed by atoms with Gasteiger partial charge in [0.15, 0.2) is 11.6 Å². The number of nitrogens with one attached hydrogen (secondary N) is 2. The molecule has 1 aromatic rings. The van der Waals surface area contributed by atoms with Gasteiger partial charge in [-0.1, -0.05) is 6.92 Å². The molecule has 1 heterocycles. The van der Waals surface area contributed by atoms with E-state index in [0.29, 0.717) is 17.0 Å². The van der Waals surface area contributed by atoms with E-state index in [2.05, 4.69) is 27.5 Å². The van der Waals surface area contributed by atoms with Crippen LogP contribution in [0.4, 0.5) is 11.6 Å². The largest absolute Gasteiger partial charge is 0.490 e. The van der Waals surface area contributed by atoms with Crippen molar-refractivity contribution in [1.29, 1.82) is 0 Å². The van der Waals surface area contributed by atoms with Crippen molar-refractivity contribution in [3.63, 3.8) is 0 Å². The summed E-state index contributed by atoms with van der Waals surface area (Å²) in [5, 5.41) is 6.31. The average molecular weight is 222 g/mol. The van der Waals surface area contributed by atoms with Crippen LogP contribution in [0.2, 0.25) is 0 Å². The maximum atomic E-state index is 5.30. The van der Waals surface area contributed by atoms with Gasteiger partial charge in [-0.05, 0) is 18.3 Å². The summed E-state index contributed by atoms with van der Waals surface area (Å²) in [6, 6.07) is 0. The lowest BCUT2D eigenvalue weighted by Crippen LogP contribution is -2.14. The Labute approximate surface area is 95.6 Å². The number of methoxy groups -OCH3 is 1. The SMILES string of the molecule is CNc1ncnc(NCC2(C)CC2)c1OC. The number of hydrogen-bond acceptors (Lipinski definition) is 5. The summed E-state index contributed by atoms with van der Waals surface area (Å²) in [7, 11) is 3.44. The van der Waals surface area contributed by atoms with Gasteiger partial charge in [0.2, 0.25) is 5.75 Å². The van der Waals surface area contributed by atoms with Crippen molar-refractivity contribution >= 4 is 11.6 Å². The van der Waals surface area contributed by atoms with Gasteiger partial charge in [-0.15, -0.1) is 0 Å². The van der Waals surface area contributed by atoms with Gasteiger partial charge in [0.1, 0.15) is 6.33 Å². The Morgan fingerprint density at radius 2 is 2.06 bits per heavy atom. The first-order valence-electron chi connectivity index (χ1n) is 5.49. The molecule has 1 saturated carbocycles. The Balaban J connectivity index is 2.12. The Kier molecular flexibility index (Phi) is 2.85. The molecule has 2 rings (SSSR count). The average Bonchev–Trinajstić information content (AvgIpc) is 3.04. The maximum Gasteiger partial charge on any atom is 0.204 e. The van der Waals surface area contributed by atoms with Crippen molar-refractivity contribution in [1.82, 2.24) is 9.97 Å². The van der Waals surface area contributed by atoms with Gasteiger partial charge in [0.25, 0.3) is 0 Å². The summed E-state index contributed by atoms with van der Waals surface area (Å²) in [5.41, 5.74) is 0.440. The second-order valence-corrected chi connectivity index (χ2v) is 4.52. The van der Waals surface area contributed by atoms with Crippen molar-refractivity contribution < 1.29 is 4.74 Å². The van der Waals surface area contributed by atoms with Crippen LogP contribution in [0.3, 0.4) is 0 Å². The highest BCUT2D eigenvalue weighted by atomic mass is 16.5. The summed E-state index contributed by atoms with van der Waals surface area (Å²) in [5.74, 6) is 2.14. The van der Waals surface area contributed by atoms with E-state index in [0.717, 1.165) is 12.4 Å². The van der Waals surface area contributed by atoms with Gasteiger partial charge < -0.3 is 15.4 Å². The lowest BCUT2D eigenvalue weighted by atomic mass is 10.1. The van der Waals surface area contributed by atoms with E-state index in [1.54, 1.807) is 7.11 Å². The molecule has 1 fully saturated rings. The monoisotopic (exact) mass is 222 g/mol. The Bertz CT molecular complexity index is 376. The second kappa shape index (κ2) is 4.15. The van der Waals surface area contributed by atoms with Crippen molar-refractivity contribution in [2.75, 3.05) is 31.3 Å². The third-order valence-electron chi connectivity index (χ3n) is 3.03. The number of anilines is 2. The van der Waals surface area contributed by atoms with Gasteiger partial charge in [0, 0.05) is 13.6 Å². The van der Waals surface area contributed by atoms with Gasteiger partial charge in [-0.2, -0.15) is 0 Å². The molecular formula is C11H18N4O. The van der Waals surface area contributed by atoms with Crippen LogP contribution in [-0.4, -0.2) is 30.7 Å². The maximum absolute atomic E-state index is 5.30. The number of ether oxygens (including phenoxy) is 1. The third-order valence-corrected chi connectivity index (χ3v) is 3.03. The number of rotatable bonds is 5. The van der Waals surface area contributed by atoms with E-state index in [1.165, 1.54) is 19.2 Å². The minimum Gasteiger partial charge on any atom is -0.490 e. The molecule has 16 heavy (non-hydrogen) atoms. The number of hydrogen-bond donors (Lipinski definition) is 2. The fourth-order valence-electron chi connectivity index (χ4n) is 1.56. The molecule has 0 aliphatic heterocycles. The number of aromatic nitrogens is 2. The molecule has 1 aliphatic rings. The summed E-state index contributed by atoms with van der Waals surface area (Å²) >= 11 is 0. The molecule has 0 spiro atoms. The fourth-order valence-corrected chi connectivity index (χ4v) is 1.56. The molecule has 0 atom stereocenters. The predicted octanol–water partition coefficient (Wildman–Crippen LogP) is 1.74. The van der Waals surface area contributed by atoms with E-state index in [1.807, 2.05) is 7.05 Å². The van der Waals surface area contributed by atoms with Crippen molar-refractivity contribution in [2.45, 2.75) is 19.8 Å². The summed E-state index contributed by atoms with van der Waals surface area (Å²) in [4.78, 5) is 8.30. The van der Waals surface area contributed by atoms with E-state index in [9.17, 15) is 0 Å². The van der Waals surface area contributed by atoms with Crippen molar-refractivity contribution in [2.24, 2.45) is 5.41 Å². The molecule has 88 valence electrons. The first-order valence-corrected chi connectivity index (χ1v) is 5.49. The van der Waals surface area contributed by atoms with E-state index in [-0.39, 0.29) is 0 Å². The first-order chi connectivity index (χ1) is 7.68. The zero-order valence-corrected chi connectivity index (χ0v) is 10.0. The molecule has 1 aliphatic carbocycles. The second-order valence-electron chi connectivity index (χ2n) is 4.52. The molecule has 0 unspecified atom stereocenters. The lowest BCUT2D eigenvalue weighted by molar-refractivity contribution is 0.414. The predicted molar refractivity (Wildman–Crippen MR) is 64.0 cm³/mol. The Hall–Kier alpha value is -1.52. The van der Waals surface area contributed by atoms with Crippen LogP contribution in [0.15, 0.2) is 6.33 Å². The highest BCUT2D eigenvalue weighted by Gasteiger charge is 2.37. The topological polar surface area (TPSA) is 59.1 Å². The van der Waals surface area contributed by atoms with Crippen molar-refractivity contribution in [3.8, 4) is 5.75 Å². The van der Waals surface area contributed by atoms with Crippen molar-refractivity contribution in [3.05, 3.63) is 6.33 Å². The molecule has 5 heteroatoms. The molecular weight excluding hydrogens is 204 g/mol. The zero-order chi connectivity index (χ0) is 11.6. The Morgan fingerprint density at radius 3 is 2.62 bits per heavy atom. The minimum atomic E-state index is 0.440. The van der Waals surface area contributed by atoms with Crippen LogP contribution in [0.1, 0.15) is 19.8 Å². The number of nitrogens with zero attached hydrogens (tertiary/aromatic N) is 2. The zero-order valence-electron chi connectivity index (χ0n) is 10.0. The highest BCUT2D eigenvalue weighted by Crippen LogP contribution is 2.45. The van der Waals surface area contributed by atoms with E-state index in [4.69, 9.17) is 4.74 Å².